The van der Waals surface area contributed by atoms with Crippen LogP contribution in [0.4, 0.5) is 0 Å². The smallest absolute Gasteiger partial charge is 0.0831 e. The Balaban J connectivity index is 1.79. The summed E-state index contributed by atoms with van der Waals surface area (Å²) in [4.78, 5) is 3.67. The first kappa shape index (κ1) is 11.1. The zero-order chi connectivity index (χ0) is 10.7. The predicted octanol–water partition coefficient (Wildman–Crippen LogP) is 0.555. The molecule has 2 rings (SSSR count). The number of aliphatic hydroxyl groups excluding tert-OH is 1. The second-order valence-electron chi connectivity index (χ2n) is 4.10. The van der Waals surface area contributed by atoms with Crippen LogP contribution >= 0.6 is 11.3 Å². The van der Waals surface area contributed by atoms with Crippen molar-refractivity contribution in [2.45, 2.75) is 18.6 Å². The summed E-state index contributed by atoms with van der Waals surface area (Å²) in [6.45, 7) is 2.65. The summed E-state index contributed by atoms with van der Waals surface area (Å²) >= 11 is 1.80. The molecule has 0 spiro atoms. The summed E-state index contributed by atoms with van der Waals surface area (Å²) < 4.78 is 0. The van der Waals surface area contributed by atoms with Gasteiger partial charge in [-0.1, -0.05) is 6.07 Å². The van der Waals surface area contributed by atoms with Crippen LogP contribution in [-0.2, 0) is 6.42 Å². The molecule has 1 aliphatic heterocycles. The van der Waals surface area contributed by atoms with E-state index >= 15 is 0 Å². The van der Waals surface area contributed by atoms with Gasteiger partial charge in [-0.15, -0.1) is 11.3 Å². The van der Waals surface area contributed by atoms with Crippen LogP contribution in [-0.4, -0.2) is 48.8 Å². The number of hydrogen-bond donors (Lipinski definition) is 2. The highest BCUT2D eigenvalue weighted by atomic mass is 32.1. The normalized spacial score (nSPS) is 26.3. The molecule has 2 atom stereocenters. The second-order valence-corrected chi connectivity index (χ2v) is 5.14. The van der Waals surface area contributed by atoms with Crippen LogP contribution in [0.2, 0.25) is 0 Å². The van der Waals surface area contributed by atoms with Crippen molar-refractivity contribution in [2.75, 3.05) is 26.7 Å². The van der Waals surface area contributed by atoms with Gasteiger partial charge < -0.3 is 10.4 Å². The molecule has 1 aromatic rings. The highest BCUT2D eigenvalue weighted by Gasteiger charge is 2.27. The van der Waals surface area contributed by atoms with Gasteiger partial charge in [0.05, 0.1) is 6.10 Å². The third-order valence-electron chi connectivity index (χ3n) is 3.01. The largest absolute Gasteiger partial charge is 0.390 e. The molecule has 0 aliphatic carbocycles. The van der Waals surface area contributed by atoms with Crippen LogP contribution < -0.4 is 5.32 Å². The molecule has 2 N–H and O–H groups in total. The van der Waals surface area contributed by atoms with Gasteiger partial charge in [0, 0.05) is 30.6 Å². The molecule has 0 bridgehead atoms. The lowest BCUT2D eigenvalue weighted by atomic mass is 10.2. The van der Waals surface area contributed by atoms with E-state index < -0.39 is 0 Å². The first-order valence-electron chi connectivity index (χ1n) is 5.39. The molecule has 0 saturated carbocycles. The lowest BCUT2D eigenvalue weighted by Gasteiger charge is -2.25. The monoisotopic (exact) mass is 226 g/mol. The molecular weight excluding hydrogens is 208 g/mol. The quantitative estimate of drug-likeness (QED) is 0.787. The maximum absolute atomic E-state index is 9.71. The van der Waals surface area contributed by atoms with Crippen molar-refractivity contribution < 1.29 is 5.11 Å². The average molecular weight is 226 g/mol. The highest BCUT2D eigenvalue weighted by Crippen LogP contribution is 2.12. The van der Waals surface area contributed by atoms with Gasteiger partial charge in [-0.25, -0.2) is 0 Å². The first-order valence-corrected chi connectivity index (χ1v) is 6.27. The summed E-state index contributed by atoms with van der Waals surface area (Å²) in [5.74, 6) is 0. The Hall–Kier alpha value is -0.420. The highest BCUT2D eigenvalue weighted by molar-refractivity contribution is 7.09. The Bertz CT molecular complexity index is 289. The summed E-state index contributed by atoms with van der Waals surface area (Å²) in [6.07, 6.45) is 0.871. The molecule has 1 saturated heterocycles. The van der Waals surface area contributed by atoms with E-state index in [9.17, 15) is 5.11 Å². The summed E-state index contributed by atoms with van der Waals surface area (Å²) in [5.41, 5.74) is 0. The summed E-state index contributed by atoms with van der Waals surface area (Å²) in [6, 6.07) is 4.54. The van der Waals surface area contributed by atoms with Gasteiger partial charge in [-0.2, -0.15) is 0 Å². The fraction of sp³-hybridized carbons (Fsp3) is 0.636. The van der Waals surface area contributed by atoms with Crippen LogP contribution in [0.15, 0.2) is 17.5 Å². The number of nitrogens with zero attached hydrogens (tertiary/aromatic N) is 1. The molecule has 1 fully saturated rings. The minimum absolute atomic E-state index is 0.210. The summed E-state index contributed by atoms with van der Waals surface area (Å²) in [5, 5.41) is 15.0. The van der Waals surface area contributed by atoms with E-state index in [1.165, 1.54) is 4.88 Å². The maximum Gasteiger partial charge on any atom is 0.0831 e. The van der Waals surface area contributed by atoms with Crippen LogP contribution in [0, 0.1) is 0 Å². The molecule has 0 amide bonds. The SMILES string of the molecule is CN(CCc1cccs1)C1CNCC1O. The van der Waals surface area contributed by atoms with E-state index in [-0.39, 0.29) is 12.1 Å². The van der Waals surface area contributed by atoms with Crippen molar-refractivity contribution in [3.63, 3.8) is 0 Å². The molecular formula is C11H18N2OS. The number of hydrogen-bond acceptors (Lipinski definition) is 4. The standard InChI is InChI=1S/C11H18N2OS/c1-13(10-7-12-8-11(10)14)5-4-9-3-2-6-15-9/h2-3,6,10-12,14H,4-5,7-8H2,1H3. The minimum atomic E-state index is -0.210. The molecule has 1 aliphatic rings. The van der Waals surface area contributed by atoms with Crippen LogP contribution in [0.5, 0.6) is 0 Å². The third-order valence-corrected chi connectivity index (χ3v) is 3.94. The van der Waals surface area contributed by atoms with E-state index in [4.69, 9.17) is 0 Å². The molecule has 2 heterocycles. The number of thiophene rings is 1. The molecule has 0 aromatic carbocycles. The van der Waals surface area contributed by atoms with Crippen molar-refractivity contribution in [1.82, 2.24) is 10.2 Å². The fourth-order valence-electron chi connectivity index (χ4n) is 2.01. The fourth-order valence-corrected chi connectivity index (χ4v) is 2.71. The van der Waals surface area contributed by atoms with E-state index in [1.54, 1.807) is 11.3 Å². The van der Waals surface area contributed by atoms with Gasteiger partial charge in [0.2, 0.25) is 0 Å². The van der Waals surface area contributed by atoms with Gasteiger partial charge >= 0.3 is 0 Å². The lowest BCUT2D eigenvalue weighted by molar-refractivity contribution is 0.100. The third kappa shape index (κ3) is 2.78. The number of aliphatic hydroxyl groups is 1. The van der Waals surface area contributed by atoms with Crippen molar-refractivity contribution >= 4 is 11.3 Å². The van der Waals surface area contributed by atoms with Crippen molar-refractivity contribution in [2.24, 2.45) is 0 Å². The molecule has 3 nitrogen and oxygen atoms in total. The molecule has 1 aromatic heterocycles. The van der Waals surface area contributed by atoms with Gasteiger partial charge in [-0.3, -0.25) is 4.90 Å². The van der Waals surface area contributed by atoms with Gasteiger partial charge in [0.15, 0.2) is 0 Å². The Morgan fingerprint density at radius 1 is 1.60 bits per heavy atom. The van der Waals surface area contributed by atoms with E-state index in [2.05, 4.69) is 34.8 Å². The Labute approximate surface area is 94.7 Å². The summed E-state index contributed by atoms with van der Waals surface area (Å²) in [7, 11) is 2.09. The van der Waals surface area contributed by atoms with Crippen LogP contribution in [0.3, 0.4) is 0 Å². The van der Waals surface area contributed by atoms with Crippen LogP contribution in [0.1, 0.15) is 4.88 Å². The maximum atomic E-state index is 9.71. The Kier molecular flexibility index (Phi) is 3.75. The second kappa shape index (κ2) is 5.07. The number of rotatable bonds is 4. The van der Waals surface area contributed by atoms with Crippen molar-refractivity contribution in [3.05, 3.63) is 22.4 Å². The molecule has 0 radical (unpaired) electrons. The Morgan fingerprint density at radius 3 is 3.07 bits per heavy atom. The van der Waals surface area contributed by atoms with E-state index in [0.717, 1.165) is 26.1 Å². The van der Waals surface area contributed by atoms with E-state index in [1.807, 2.05) is 0 Å². The molecule has 15 heavy (non-hydrogen) atoms. The first-order chi connectivity index (χ1) is 7.27. The predicted molar refractivity (Wildman–Crippen MR) is 63.3 cm³/mol. The van der Waals surface area contributed by atoms with Gasteiger partial charge in [0.25, 0.3) is 0 Å². The molecule has 2 unspecified atom stereocenters. The minimum Gasteiger partial charge on any atom is -0.390 e. The molecule has 4 heteroatoms. The lowest BCUT2D eigenvalue weighted by Crippen LogP contribution is -2.41. The average Bonchev–Trinajstić information content (AvgIpc) is 2.84. The number of likely N-dealkylation sites (N-methyl/N-ethyl adjacent to an activating group) is 1. The van der Waals surface area contributed by atoms with Gasteiger partial charge in [-0.05, 0) is 24.9 Å². The van der Waals surface area contributed by atoms with Crippen LogP contribution in [0.25, 0.3) is 0 Å². The topological polar surface area (TPSA) is 35.5 Å². The van der Waals surface area contributed by atoms with Crippen molar-refractivity contribution in [1.29, 1.82) is 0 Å². The van der Waals surface area contributed by atoms with E-state index in [0.29, 0.717) is 0 Å². The number of β-amino-alcohol motifs (C(OH)–C–C–N with tert-alkyl or cyclic N) is 1. The zero-order valence-electron chi connectivity index (χ0n) is 9.02. The zero-order valence-corrected chi connectivity index (χ0v) is 9.83. The van der Waals surface area contributed by atoms with Crippen molar-refractivity contribution in [3.8, 4) is 0 Å². The molecule has 84 valence electrons. The number of nitrogens with one attached hydrogen (secondary N) is 1. The Morgan fingerprint density at radius 2 is 2.47 bits per heavy atom. The van der Waals surface area contributed by atoms with Gasteiger partial charge in [0.1, 0.15) is 0 Å².